The molecule has 0 aliphatic carbocycles. The Bertz CT molecular complexity index is 4900. The summed E-state index contributed by atoms with van der Waals surface area (Å²) in [6.07, 6.45) is 0. The summed E-state index contributed by atoms with van der Waals surface area (Å²) in [7, 11) is 0. The average molecular weight is 923 g/mol. The number of furan rings is 2. The SMILES string of the molecule is c1ccc2c(c1)oc1ccc(-n3c4ccccc4c4cc(-c5cc(-c6cccc7c6sc6ccccc67)cc(-c6cccc7c6c6ccccc6n7-c6cccc7c6oc6ccccc67)c5)ccc43)cc12. The number of hydrogen-bond donors (Lipinski definition) is 0. The van der Waals surface area contributed by atoms with Gasteiger partial charge in [-0.1, -0.05) is 140 Å². The molecule has 5 heterocycles. The third-order valence-corrected chi connectivity index (χ3v) is 16.1. The molecule has 0 unspecified atom stereocenters. The molecule has 0 spiro atoms. The third-order valence-electron chi connectivity index (χ3n) is 14.9. The Kier molecular flexibility index (Phi) is 8.01. The molecule has 16 rings (SSSR count). The summed E-state index contributed by atoms with van der Waals surface area (Å²) in [5.74, 6) is 0. The maximum absolute atomic E-state index is 6.69. The number of hydrogen-bond acceptors (Lipinski definition) is 3. The summed E-state index contributed by atoms with van der Waals surface area (Å²) in [6, 6.07) is 84.0. The van der Waals surface area contributed by atoms with Gasteiger partial charge in [-0.3, -0.25) is 0 Å². The zero-order valence-electron chi connectivity index (χ0n) is 38.1. The van der Waals surface area contributed by atoms with Crippen LogP contribution in [-0.2, 0) is 0 Å². The first kappa shape index (κ1) is 38.8. The average Bonchev–Trinajstić information content (AvgIpc) is 4.25. The van der Waals surface area contributed by atoms with Crippen molar-refractivity contribution >= 4 is 119 Å². The first-order valence-corrected chi connectivity index (χ1v) is 25.0. The zero-order valence-corrected chi connectivity index (χ0v) is 38.9. The van der Waals surface area contributed by atoms with Crippen LogP contribution in [0, 0.1) is 0 Å². The molecule has 0 bridgehead atoms. The number of thiophene rings is 1. The standard InChI is InChI=1S/C66H38N2O2S/c1-6-23-55-46(14-1)53-37-39(30-32-57(53)67(55)43-31-33-62-54(38-43)48-16-4-8-27-60(48)69-62)40-34-41(36-42(35-40)45-20-11-22-51-49-17-5-10-29-63(49)71-66(45)51)44-19-12-25-58-64(44)52-18-2-7-24-56(52)68(58)59-26-13-21-50-47-15-3-9-28-61(47)70-65(50)59/h1-38H. The molecule has 5 aromatic heterocycles. The van der Waals surface area contributed by atoms with E-state index >= 15 is 0 Å². The van der Waals surface area contributed by atoms with Gasteiger partial charge in [0.15, 0.2) is 5.58 Å². The van der Waals surface area contributed by atoms with Gasteiger partial charge in [0.2, 0.25) is 0 Å². The van der Waals surface area contributed by atoms with Gasteiger partial charge in [-0.15, -0.1) is 11.3 Å². The molecule has 0 saturated heterocycles. The predicted octanol–water partition coefficient (Wildman–Crippen LogP) is 19.0. The topological polar surface area (TPSA) is 36.1 Å². The molecule has 5 heteroatoms. The predicted molar refractivity (Wildman–Crippen MR) is 299 cm³/mol. The van der Waals surface area contributed by atoms with Crippen molar-refractivity contribution in [1.82, 2.24) is 9.13 Å². The Morgan fingerprint density at radius 1 is 0.310 bits per heavy atom. The van der Waals surface area contributed by atoms with Crippen LogP contribution in [-0.4, -0.2) is 9.13 Å². The number of benzene rings is 11. The molecule has 0 radical (unpaired) electrons. The molecule has 0 atom stereocenters. The molecule has 0 N–H and O–H groups in total. The number of fused-ring (bicyclic) bond motifs is 15. The minimum Gasteiger partial charge on any atom is -0.456 e. The lowest BCUT2D eigenvalue weighted by Gasteiger charge is -2.14. The lowest BCUT2D eigenvalue weighted by Crippen LogP contribution is -1.94. The minimum absolute atomic E-state index is 0.884. The van der Waals surface area contributed by atoms with E-state index in [0.29, 0.717) is 0 Å². The van der Waals surface area contributed by atoms with Crippen molar-refractivity contribution in [2.24, 2.45) is 0 Å². The maximum atomic E-state index is 6.69. The Morgan fingerprint density at radius 3 is 1.76 bits per heavy atom. The summed E-state index contributed by atoms with van der Waals surface area (Å²) in [5, 5.41) is 11.9. The molecule has 71 heavy (non-hydrogen) atoms. The Hall–Kier alpha value is -9.16. The van der Waals surface area contributed by atoms with Gasteiger partial charge in [0.05, 0.1) is 27.8 Å². The number of aromatic nitrogens is 2. The van der Waals surface area contributed by atoms with Gasteiger partial charge >= 0.3 is 0 Å². The zero-order chi connectivity index (χ0) is 46.3. The van der Waals surface area contributed by atoms with Crippen molar-refractivity contribution in [3.05, 3.63) is 231 Å². The molecular formula is C66H38N2O2S. The van der Waals surface area contributed by atoms with Crippen molar-refractivity contribution in [3.8, 4) is 44.8 Å². The van der Waals surface area contributed by atoms with Crippen LogP contribution in [0.4, 0.5) is 0 Å². The number of rotatable bonds is 5. The lowest BCUT2D eigenvalue weighted by molar-refractivity contribution is 0.666. The van der Waals surface area contributed by atoms with Crippen LogP contribution in [0.2, 0.25) is 0 Å². The summed E-state index contributed by atoms with van der Waals surface area (Å²) in [5.41, 5.74) is 17.4. The van der Waals surface area contributed by atoms with Gasteiger partial charge in [0.1, 0.15) is 16.7 Å². The van der Waals surface area contributed by atoms with Crippen molar-refractivity contribution in [1.29, 1.82) is 0 Å². The van der Waals surface area contributed by atoms with Crippen LogP contribution >= 0.6 is 11.3 Å². The molecule has 0 fully saturated rings. The second kappa shape index (κ2) is 14.7. The maximum Gasteiger partial charge on any atom is 0.159 e. The first-order chi connectivity index (χ1) is 35.2. The van der Waals surface area contributed by atoms with Crippen molar-refractivity contribution < 1.29 is 8.83 Å². The highest BCUT2D eigenvalue weighted by molar-refractivity contribution is 7.26. The monoisotopic (exact) mass is 922 g/mol. The van der Waals surface area contributed by atoms with Crippen LogP contribution in [0.1, 0.15) is 0 Å². The van der Waals surface area contributed by atoms with E-state index in [-0.39, 0.29) is 0 Å². The highest BCUT2D eigenvalue weighted by Crippen LogP contribution is 2.46. The Morgan fingerprint density at radius 2 is 0.901 bits per heavy atom. The number of nitrogens with zero attached hydrogens (tertiary/aromatic N) is 2. The number of para-hydroxylation sites is 5. The normalized spacial score (nSPS) is 12.2. The van der Waals surface area contributed by atoms with Crippen LogP contribution in [0.15, 0.2) is 239 Å². The van der Waals surface area contributed by atoms with Crippen LogP contribution in [0.5, 0.6) is 0 Å². The minimum atomic E-state index is 0.884. The van der Waals surface area contributed by atoms with E-state index in [2.05, 4.69) is 221 Å². The molecule has 4 nitrogen and oxygen atoms in total. The van der Waals surface area contributed by atoms with Crippen molar-refractivity contribution in [2.75, 3.05) is 0 Å². The largest absolute Gasteiger partial charge is 0.456 e. The van der Waals surface area contributed by atoms with Crippen LogP contribution < -0.4 is 0 Å². The summed E-state index contributed by atoms with van der Waals surface area (Å²) >= 11 is 1.88. The van der Waals surface area contributed by atoms with E-state index in [1.807, 2.05) is 29.5 Å². The van der Waals surface area contributed by atoms with Crippen molar-refractivity contribution in [2.45, 2.75) is 0 Å². The first-order valence-electron chi connectivity index (χ1n) is 24.1. The Labute approximate surface area is 410 Å². The van der Waals surface area contributed by atoms with E-state index in [1.165, 1.54) is 63.9 Å². The quantitative estimate of drug-likeness (QED) is 0.172. The smallest absolute Gasteiger partial charge is 0.159 e. The second-order valence-corrected chi connectivity index (χ2v) is 19.8. The molecular weight excluding hydrogens is 885 g/mol. The van der Waals surface area contributed by atoms with Crippen molar-refractivity contribution in [3.63, 3.8) is 0 Å². The molecule has 0 aliphatic rings. The van der Waals surface area contributed by atoms with Gasteiger partial charge in [-0.05, 0) is 124 Å². The summed E-state index contributed by atoms with van der Waals surface area (Å²) in [6.45, 7) is 0. The fourth-order valence-corrected chi connectivity index (χ4v) is 13.0. The highest BCUT2D eigenvalue weighted by atomic mass is 32.1. The third kappa shape index (κ3) is 5.61. The van der Waals surface area contributed by atoms with E-state index in [1.54, 1.807) is 0 Å². The lowest BCUT2D eigenvalue weighted by atomic mass is 9.91. The molecule has 16 aromatic rings. The molecule has 0 amide bonds. The second-order valence-electron chi connectivity index (χ2n) is 18.7. The van der Waals surface area contributed by atoms with Gasteiger partial charge in [-0.2, -0.15) is 0 Å². The highest BCUT2D eigenvalue weighted by Gasteiger charge is 2.22. The molecule has 0 aliphatic heterocycles. The van der Waals surface area contributed by atoms with E-state index in [0.717, 1.165) is 88.5 Å². The molecule has 0 saturated carbocycles. The fraction of sp³-hybridized carbons (Fsp3) is 0. The van der Waals surface area contributed by atoms with E-state index in [9.17, 15) is 0 Å². The Balaban J connectivity index is 0.943. The van der Waals surface area contributed by atoms with Gasteiger partial charge in [-0.25, -0.2) is 0 Å². The van der Waals surface area contributed by atoms with Crippen LogP contribution in [0.3, 0.4) is 0 Å². The fourth-order valence-electron chi connectivity index (χ4n) is 11.8. The van der Waals surface area contributed by atoms with E-state index in [4.69, 9.17) is 8.83 Å². The summed E-state index contributed by atoms with van der Waals surface area (Å²) in [4.78, 5) is 0. The van der Waals surface area contributed by atoms with Gasteiger partial charge in [0, 0.05) is 68.9 Å². The molecule has 11 aromatic carbocycles. The van der Waals surface area contributed by atoms with Gasteiger partial charge < -0.3 is 18.0 Å². The van der Waals surface area contributed by atoms with Gasteiger partial charge in [0.25, 0.3) is 0 Å². The summed E-state index contributed by atoms with van der Waals surface area (Å²) < 4.78 is 20.4. The van der Waals surface area contributed by atoms with Crippen LogP contribution in [0.25, 0.3) is 152 Å². The molecule has 330 valence electrons. The van der Waals surface area contributed by atoms with E-state index < -0.39 is 0 Å².